The van der Waals surface area contributed by atoms with Crippen molar-refractivity contribution >= 4 is 25.1 Å². The van der Waals surface area contributed by atoms with Crippen LogP contribution in [0.4, 0.5) is 5.69 Å². The highest BCUT2D eigenvalue weighted by Crippen LogP contribution is 2.28. The van der Waals surface area contributed by atoms with Crippen molar-refractivity contribution in [2.45, 2.75) is 32.9 Å². The summed E-state index contributed by atoms with van der Waals surface area (Å²) in [5.41, 5.74) is 6.79. The number of hydrogen-bond acceptors (Lipinski definition) is 5. The molecule has 1 fully saturated rings. The van der Waals surface area contributed by atoms with Crippen molar-refractivity contribution in [1.82, 2.24) is 10.3 Å². The number of aromatic nitrogens is 1. The molecule has 0 bridgehead atoms. The largest absolute Gasteiger partial charge is 0.377 e. The van der Waals surface area contributed by atoms with Crippen molar-refractivity contribution < 1.29 is 9.53 Å². The third-order valence-electron chi connectivity index (χ3n) is 5.93. The molecule has 0 unspecified atom stereocenters. The average Bonchev–Trinajstić information content (AvgIpc) is 2.84. The van der Waals surface area contributed by atoms with Gasteiger partial charge in [0.05, 0.1) is 31.3 Å². The first-order chi connectivity index (χ1) is 16.0. The fraction of sp³-hybridized carbons (Fsp3) is 0.296. The molecule has 1 aromatic heterocycles. The zero-order valence-corrected chi connectivity index (χ0v) is 20.5. The summed E-state index contributed by atoms with van der Waals surface area (Å²) in [7, 11) is 0. The van der Waals surface area contributed by atoms with Crippen LogP contribution in [0.25, 0.3) is 11.1 Å². The van der Waals surface area contributed by atoms with Crippen LogP contribution in [0, 0.1) is 18.3 Å². The molecule has 176 valence electrons. The number of benzene rings is 2. The minimum absolute atomic E-state index is 0. The van der Waals surface area contributed by atoms with Crippen LogP contribution in [-0.4, -0.2) is 36.7 Å². The molecule has 7 heteroatoms. The normalized spacial score (nSPS) is 15.2. The Balaban J connectivity index is 0.00000324. The highest BCUT2D eigenvalue weighted by Gasteiger charge is 2.19. The Morgan fingerprint density at radius 1 is 1.24 bits per heavy atom. The highest BCUT2D eigenvalue weighted by atomic mass is 32.1. The molecule has 0 saturated carbocycles. The first-order valence-corrected chi connectivity index (χ1v) is 11.2. The quantitative estimate of drug-likeness (QED) is 0.581. The minimum atomic E-state index is -0.0993. The zero-order chi connectivity index (χ0) is 23.2. The van der Waals surface area contributed by atoms with Crippen molar-refractivity contribution in [1.29, 1.82) is 5.26 Å². The predicted octanol–water partition coefficient (Wildman–Crippen LogP) is 4.13. The van der Waals surface area contributed by atoms with Crippen LogP contribution in [0.3, 0.4) is 0 Å². The molecule has 6 nitrogen and oxygen atoms in total. The summed E-state index contributed by atoms with van der Waals surface area (Å²) in [5, 5.41) is 11.9. The van der Waals surface area contributed by atoms with Gasteiger partial charge >= 0.3 is 0 Å². The van der Waals surface area contributed by atoms with Gasteiger partial charge in [-0.25, -0.2) is 0 Å². The number of carbonyl (C=O) groups is 1. The molecule has 0 radical (unpaired) electrons. The van der Waals surface area contributed by atoms with E-state index in [1.165, 1.54) is 11.3 Å². The molecule has 1 amide bonds. The number of amides is 1. The standard InChI is InChI=1S/C27H28N4O2.H2S/c1-19-12-25(31-10-11-33-18-20(31)2)8-9-26(19)23-6-7-24(29-17-23)14-27(32)30-16-22-5-3-4-21(13-22)15-28;/h3-9,12-13,17,20H,10-11,14,16,18H2,1-2H3,(H,30,32);1H2/t20-;/m0./s1. The molecule has 1 saturated heterocycles. The number of nitrogens with one attached hydrogen (secondary N) is 1. The number of aryl methyl sites for hydroxylation is 1. The Hall–Kier alpha value is -3.34. The van der Waals surface area contributed by atoms with Crippen LogP contribution in [0.15, 0.2) is 60.8 Å². The van der Waals surface area contributed by atoms with Gasteiger partial charge in [-0.2, -0.15) is 18.8 Å². The molecule has 2 aromatic carbocycles. The Morgan fingerprint density at radius 3 is 2.79 bits per heavy atom. The molecule has 0 spiro atoms. The summed E-state index contributed by atoms with van der Waals surface area (Å²) in [6, 6.07) is 20.2. The lowest BCUT2D eigenvalue weighted by Gasteiger charge is -2.35. The van der Waals surface area contributed by atoms with Crippen molar-refractivity contribution in [3.05, 3.63) is 83.2 Å². The Bertz CT molecular complexity index is 1170. The number of rotatable bonds is 6. The van der Waals surface area contributed by atoms with E-state index >= 15 is 0 Å². The Labute approximate surface area is 208 Å². The molecule has 0 aliphatic carbocycles. The van der Waals surface area contributed by atoms with E-state index in [9.17, 15) is 4.79 Å². The number of ether oxygens (including phenoxy) is 1. The monoisotopic (exact) mass is 474 g/mol. The number of hydrogen-bond donors (Lipinski definition) is 1. The zero-order valence-electron chi connectivity index (χ0n) is 19.5. The second kappa shape index (κ2) is 11.7. The van der Waals surface area contributed by atoms with Gasteiger partial charge in [0, 0.05) is 42.3 Å². The van der Waals surface area contributed by atoms with Gasteiger partial charge in [0.1, 0.15) is 0 Å². The fourth-order valence-corrected chi connectivity index (χ4v) is 4.13. The van der Waals surface area contributed by atoms with Crippen LogP contribution in [-0.2, 0) is 22.5 Å². The molecule has 1 atom stereocenters. The summed E-state index contributed by atoms with van der Waals surface area (Å²) < 4.78 is 5.55. The van der Waals surface area contributed by atoms with E-state index < -0.39 is 0 Å². The molecule has 4 rings (SSSR count). The number of nitrogens with zero attached hydrogens (tertiary/aromatic N) is 3. The van der Waals surface area contributed by atoms with E-state index in [4.69, 9.17) is 10.00 Å². The van der Waals surface area contributed by atoms with Gasteiger partial charge in [-0.15, -0.1) is 0 Å². The minimum Gasteiger partial charge on any atom is -0.377 e. The van der Waals surface area contributed by atoms with E-state index in [1.54, 1.807) is 12.1 Å². The second-order valence-electron chi connectivity index (χ2n) is 8.42. The molecular formula is C27H30N4O2S. The lowest BCUT2D eigenvalue weighted by Crippen LogP contribution is -2.43. The molecule has 2 heterocycles. The first kappa shape index (κ1) is 25.3. The lowest BCUT2D eigenvalue weighted by molar-refractivity contribution is -0.120. The summed E-state index contributed by atoms with van der Waals surface area (Å²) >= 11 is 0. The molecule has 34 heavy (non-hydrogen) atoms. The summed E-state index contributed by atoms with van der Waals surface area (Å²) in [5.74, 6) is -0.0993. The van der Waals surface area contributed by atoms with Crippen LogP contribution < -0.4 is 10.2 Å². The van der Waals surface area contributed by atoms with Gasteiger partial charge in [0.2, 0.25) is 5.91 Å². The van der Waals surface area contributed by atoms with Gasteiger partial charge in [0.15, 0.2) is 0 Å². The van der Waals surface area contributed by atoms with E-state index in [0.29, 0.717) is 18.2 Å². The number of nitriles is 1. The number of carbonyl (C=O) groups excluding carboxylic acids is 1. The Kier molecular flexibility index (Phi) is 8.69. The molecule has 1 N–H and O–H groups in total. The molecule has 1 aliphatic heterocycles. The van der Waals surface area contributed by atoms with Crippen LogP contribution in [0.5, 0.6) is 0 Å². The number of anilines is 1. The van der Waals surface area contributed by atoms with Crippen LogP contribution >= 0.6 is 13.5 Å². The van der Waals surface area contributed by atoms with Gasteiger partial charge < -0.3 is 15.0 Å². The molecular weight excluding hydrogens is 444 g/mol. The van der Waals surface area contributed by atoms with Gasteiger partial charge in [0.25, 0.3) is 0 Å². The Morgan fingerprint density at radius 2 is 2.09 bits per heavy atom. The number of morpholine rings is 1. The fourth-order valence-electron chi connectivity index (χ4n) is 4.13. The van der Waals surface area contributed by atoms with Crippen molar-refractivity contribution in [3.63, 3.8) is 0 Å². The second-order valence-corrected chi connectivity index (χ2v) is 8.42. The number of pyridine rings is 1. The summed E-state index contributed by atoms with van der Waals surface area (Å²) in [6.45, 7) is 7.11. The topological polar surface area (TPSA) is 78.2 Å². The maximum absolute atomic E-state index is 12.3. The third-order valence-corrected chi connectivity index (χ3v) is 5.93. The smallest absolute Gasteiger partial charge is 0.226 e. The first-order valence-electron chi connectivity index (χ1n) is 11.2. The summed E-state index contributed by atoms with van der Waals surface area (Å²) in [4.78, 5) is 19.2. The van der Waals surface area contributed by atoms with E-state index in [2.05, 4.69) is 53.3 Å². The van der Waals surface area contributed by atoms with Crippen molar-refractivity contribution in [3.8, 4) is 17.2 Å². The van der Waals surface area contributed by atoms with Crippen molar-refractivity contribution in [2.24, 2.45) is 0 Å². The van der Waals surface area contributed by atoms with Gasteiger partial charge in [-0.1, -0.05) is 24.3 Å². The van der Waals surface area contributed by atoms with Gasteiger partial charge in [-0.05, 0) is 60.9 Å². The molecule has 1 aliphatic rings. The van der Waals surface area contributed by atoms with Crippen molar-refractivity contribution in [2.75, 3.05) is 24.7 Å². The van der Waals surface area contributed by atoms with Gasteiger partial charge in [-0.3, -0.25) is 9.78 Å². The SMILES string of the molecule is Cc1cc(N2CCOC[C@@H]2C)ccc1-c1ccc(CC(=O)NCc2cccc(C#N)c2)nc1.S. The predicted molar refractivity (Wildman–Crippen MR) is 139 cm³/mol. The molecule has 3 aromatic rings. The van der Waals surface area contributed by atoms with Crippen LogP contribution in [0.1, 0.15) is 29.3 Å². The van der Waals surface area contributed by atoms with E-state index in [-0.39, 0.29) is 25.8 Å². The van der Waals surface area contributed by atoms with E-state index in [1.807, 2.05) is 30.5 Å². The highest BCUT2D eigenvalue weighted by molar-refractivity contribution is 7.59. The maximum atomic E-state index is 12.3. The third kappa shape index (κ3) is 6.16. The maximum Gasteiger partial charge on any atom is 0.226 e. The lowest BCUT2D eigenvalue weighted by atomic mass is 10.00. The van der Waals surface area contributed by atoms with E-state index in [0.717, 1.165) is 42.1 Å². The average molecular weight is 475 g/mol. The van der Waals surface area contributed by atoms with Crippen LogP contribution in [0.2, 0.25) is 0 Å². The summed E-state index contributed by atoms with van der Waals surface area (Å²) in [6.07, 6.45) is 2.05.